The Morgan fingerprint density at radius 3 is 2.15 bits per heavy atom. The molecule has 0 spiro atoms. The molecule has 1 atom stereocenters. The van der Waals surface area contributed by atoms with Gasteiger partial charge in [-0.1, -0.05) is 36.8 Å². The molecule has 0 radical (unpaired) electrons. The molecule has 0 aromatic heterocycles. The molecular formula is C23H31N3O6S2. The number of benzene rings is 2. The summed E-state index contributed by atoms with van der Waals surface area (Å²) in [7, 11) is -7.51. The average molecular weight is 510 g/mol. The second kappa shape index (κ2) is 10.9. The number of carbonyl (C=O) groups excluding carboxylic acids is 1. The average Bonchev–Trinajstić information content (AvgIpc) is 2.81. The van der Waals surface area contributed by atoms with Crippen molar-refractivity contribution in [2.75, 3.05) is 43.4 Å². The zero-order chi connectivity index (χ0) is 24.9. The molecule has 1 saturated heterocycles. The molecule has 1 amide bonds. The molecule has 1 unspecified atom stereocenters. The van der Waals surface area contributed by atoms with Gasteiger partial charge in [-0.2, -0.15) is 4.31 Å². The largest absolute Gasteiger partial charge is 0.379 e. The summed E-state index contributed by atoms with van der Waals surface area (Å²) in [6, 6.07) is 13.1. The minimum Gasteiger partial charge on any atom is -0.379 e. The van der Waals surface area contributed by atoms with Gasteiger partial charge in [0.25, 0.3) is 0 Å². The first-order valence-electron chi connectivity index (χ1n) is 11.0. The van der Waals surface area contributed by atoms with Gasteiger partial charge in [0.2, 0.25) is 26.0 Å². The Balaban J connectivity index is 1.76. The summed E-state index contributed by atoms with van der Waals surface area (Å²) >= 11 is 0. The highest BCUT2D eigenvalue weighted by Gasteiger charge is 2.27. The van der Waals surface area contributed by atoms with Gasteiger partial charge in [-0.25, -0.2) is 16.8 Å². The van der Waals surface area contributed by atoms with Gasteiger partial charge in [0.1, 0.15) is 6.54 Å². The third-order valence-electron chi connectivity index (χ3n) is 5.64. The van der Waals surface area contributed by atoms with E-state index in [4.69, 9.17) is 4.74 Å². The van der Waals surface area contributed by atoms with Crippen molar-refractivity contribution in [3.05, 3.63) is 59.7 Å². The van der Waals surface area contributed by atoms with Crippen molar-refractivity contribution in [1.29, 1.82) is 0 Å². The van der Waals surface area contributed by atoms with Gasteiger partial charge in [-0.05, 0) is 43.2 Å². The van der Waals surface area contributed by atoms with E-state index in [1.54, 1.807) is 0 Å². The van der Waals surface area contributed by atoms with Crippen LogP contribution in [0.4, 0.5) is 5.69 Å². The number of hydrogen-bond donors (Lipinski definition) is 1. The van der Waals surface area contributed by atoms with Crippen LogP contribution in [0.2, 0.25) is 0 Å². The number of morpholine rings is 1. The van der Waals surface area contributed by atoms with Crippen LogP contribution in [0.1, 0.15) is 30.5 Å². The van der Waals surface area contributed by atoms with Crippen molar-refractivity contribution in [3.8, 4) is 0 Å². The van der Waals surface area contributed by atoms with E-state index in [-0.39, 0.29) is 29.7 Å². The van der Waals surface area contributed by atoms with Gasteiger partial charge in [0.05, 0.1) is 36.1 Å². The minimum atomic E-state index is -3.80. The van der Waals surface area contributed by atoms with E-state index in [0.717, 1.165) is 21.7 Å². The highest BCUT2D eigenvalue weighted by molar-refractivity contribution is 7.92. The second-order valence-corrected chi connectivity index (χ2v) is 12.1. The van der Waals surface area contributed by atoms with Gasteiger partial charge in [0, 0.05) is 13.1 Å². The van der Waals surface area contributed by atoms with Crippen molar-refractivity contribution >= 4 is 31.6 Å². The molecule has 2 aromatic rings. The summed E-state index contributed by atoms with van der Waals surface area (Å²) in [6.45, 7) is 4.68. The SMILES string of the molecule is CCC(NC(=O)CN(c1ccc(S(=O)(=O)N2CCOCC2)cc1)S(C)(=O)=O)c1ccc(C)cc1. The van der Waals surface area contributed by atoms with Crippen LogP contribution in [-0.2, 0) is 29.6 Å². The van der Waals surface area contributed by atoms with Crippen LogP contribution in [0.5, 0.6) is 0 Å². The topological polar surface area (TPSA) is 113 Å². The van der Waals surface area contributed by atoms with Crippen LogP contribution < -0.4 is 9.62 Å². The summed E-state index contributed by atoms with van der Waals surface area (Å²) in [6.07, 6.45) is 1.65. The number of nitrogens with one attached hydrogen (secondary N) is 1. The molecule has 1 heterocycles. The standard InChI is InChI=1S/C23H31N3O6S2/c1-4-22(19-7-5-18(2)6-8-19)24-23(27)17-26(33(3,28)29)20-9-11-21(12-10-20)34(30,31)25-13-15-32-16-14-25/h5-12,22H,4,13-17H2,1-3H3,(H,24,27). The molecule has 9 nitrogen and oxygen atoms in total. The normalized spacial score (nSPS) is 16.1. The maximum atomic E-state index is 12.8. The number of rotatable bonds is 9. The van der Waals surface area contributed by atoms with Crippen LogP contribution in [0.25, 0.3) is 0 Å². The van der Waals surface area contributed by atoms with E-state index in [0.29, 0.717) is 19.6 Å². The monoisotopic (exact) mass is 509 g/mol. The van der Waals surface area contributed by atoms with Crippen molar-refractivity contribution in [3.63, 3.8) is 0 Å². The predicted molar refractivity (Wildman–Crippen MR) is 131 cm³/mol. The van der Waals surface area contributed by atoms with E-state index in [1.807, 2.05) is 38.1 Å². The summed E-state index contributed by atoms with van der Waals surface area (Å²) in [5.41, 5.74) is 2.25. The van der Waals surface area contributed by atoms with Crippen LogP contribution in [0, 0.1) is 6.92 Å². The number of ether oxygens (including phenoxy) is 1. The molecule has 0 bridgehead atoms. The summed E-state index contributed by atoms with van der Waals surface area (Å²) < 4.78 is 58.1. The van der Waals surface area contributed by atoms with Crippen LogP contribution in [0.15, 0.2) is 53.4 Å². The zero-order valence-electron chi connectivity index (χ0n) is 19.6. The first-order valence-corrected chi connectivity index (χ1v) is 14.3. The lowest BCUT2D eigenvalue weighted by molar-refractivity contribution is -0.120. The molecule has 11 heteroatoms. The highest BCUT2D eigenvalue weighted by atomic mass is 32.2. The number of nitrogens with zero attached hydrogens (tertiary/aromatic N) is 2. The van der Waals surface area contributed by atoms with Gasteiger partial charge >= 0.3 is 0 Å². The van der Waals surface area contributed by atoms with E-state index in [2.05, 4.69) is 5.32 Å². The maximum absolute atomic E-state index is 12.8. The van der Waals surface area contributed by atoms with Crippen molar-refractivity contribution < 1.29 is 26.4 Å². The molecule has 186 valence electrons. The lowest BCUT2D eigenvalue weighted by Gasteiger charge is -2.27. The number of aryl methyl sites for hydroxylation is 1. The number of hydrogen-bond acceptors (Lipinski definition) is 6. The smallest absolute Gasteiger partial charge is 0.243 e. The fraction of sp³-hybridized carbons (Fsp3) is 0.435. The van der Waals surface area contributed by atoms with Crippen molar-refractivity contribution in [1.82, 2.24) is 9.62 Å². The molecule has 1 aliphatic heterocycles. The Kier molecular flexibility index (Phi) is 8.34. The number of amides is 1. The molecule has 1 N–H and O–H groups in total. The third kappa shape index (κ3) is 6.35. The van der Waals surface area contributed by atoms with Gasteiger partial charge in [-0.15, -0.1) is 0 Å². The minimum absolute atomic E-state index is 0.0569. The lowest BCUT2D eigenvalue weighted by atomic mass is 10.0. The summed E-state index contributed by atoms with van der Waals surface area (Å²) in [5, 5.41) is 2.89. The van der Waals surface area contributed by atoms with Crippen LogP contribution >= 0.6 is 0 Å². The van der Waals surface area contributed by atoms with Crippen molar-refractivity contribution in [2.45, 2.75) is 31.2 Å². The lowest BCUT2D eigenvalue weighted by Crippen LogP contribution is -2.41. The molecular weight excluding hydrogens is 478 g/mol. The highest BCUT2D eigenvalue weighted by Crippen LogP contribution is 2.23. The number of carbonyl (C=O) groups is 1. The van der Waals surface area contributed by atoms with Crippen molar-refractivity contribution in [2.24, 2.45) is 0 Å². The Morgan fingerprint density at radius 2 is 1.62 bits per heavy atom. The fourth-order valence-electron chi connectivity index (χ4n) is 3.71. The predicted octanol–water partition coefficient (Wildman–Crippen LogP) is 2.05. The van der Waals surface area contributed by atoms with E-state index < -0.39 is 32.5 Å². The molecule has 2 aromatic carbocycles. The van der Waals surface area contributed by atoms with E-state index >= 15 is 0 Å². The molecule has 3 rings (SSSR count). The molecule has 1 fully saturated rings. The Bertz CT molecular complexity index is 1190. The van der Waals surface area contributed by atoms with Crippen LogP contribution in [-0.4, -0.2) is 66.2 Å². The third-order valence-corrected chi connectivity index (χ3v) is 8.70. The zero-order valence-corrected chi connectivity index (χ0v) is 21.2. The second-order valence-electron chi connectivity index (χ2n) is 8.22. The molecule has 0 aliphatic carbocycles. The van der Waals surface area contributed by atoms with Gasteiger partial charge in [-0.3, -0.25) is 9.10 Å². The number of anilines is 1. The first-order chi connectivity index (χ1) is 16.0. The van der Waals surface area contributed by atoms with E-state index in [9.17, 15) is 21.6 Å². The van der Waals surface area contributed by atoms with Gasteiger partial charge in [0.15, 0.2) is 0 Å². The quantitative estimate of drug-likeness (QED) is 0.554. The van der Waals surface area contributed by atoms with Crippen LogP contribution in [0.3, 0.4) is 0 Å². The molecule has 1 aliphatic rings. The van der Waals surface area contributed by atoms with E-state index in [1.165, 1.54) is 28.6 Å². The Morgan fingerprint density at radius 1 is 1.03 bits per heavy atom. The Hall–Kier alpha value is -2.47. The molecule has 34 heavy (non-hydrogen) atoms. The Labute approximate surface area is 201 Å². The maximum Gasteiger partial charge on any atom is 0.243 e. The number of sulfonamides is 2. The summed E-state index contributed by atoms with van der Waals surface area (Å²) in [5.74, 6) is -0.456. The summed E-state index contributed by atoms with van der Waals surface area (Å²) in [4.78, 5) is 12.8. The first kappa shape index (κ1) is 26.1. The molecule has 0 saturated carbocycles. The van der Waals surface area contributed by atoms with Gasteiger partial charge < -0.3 is 10.1 Å². The fourth-order valence-corrected chi connectivity index (χ4v) is 5.98.